The van der Waals surface area contributed by atoms with Gasteiger partial charge in [-0.1, -0.05) is 0 Å². The summed E-state index contributed by atoms with van der Waals surface area (Å²) in [5.74, 6) is 1.89. The van der Waals surface area contributed by atoms with Gasteiger partial charge in [0, 0.05) is 26.2 Å². The summed E-state index contributed by atoms with van der Waals surface area (Å²) in [7, 11) is 0. The van der Waals surface area contributed by atoms with Crippen molar-refractivity contribution in [2.75, 3.05) is 26.2 Å². The van der Waals surface area contributed by atoms with Gasteiger partial charge < -0.3 is 10.6 Å². The van der Waals surface area contributed by atoms with Crippen LogP contribution in [-0.2, 0) is 0 Å². The van der Waals surface area contributed by atoms with Crippen LogP contribution in [0.3, 0.4) is 0 Å². The van der Waals surface area contributed by atoms with Gasteiger partial charge in [0.2, 0.25) is 0 Å². The van der Waals surface area contributed by atoms with Crippen molar-refractivity contribution in [2.24, 2.45) is 20.2 Å². The second-order valence-corrected chi connectivity index (χ2v) is 7.05. The van der Waals surface area contributed by atoms with Crippen molar-refractivity contribution in [3.63, 3.8) is 0 Å². The Labute approximate surface area is 134 Å². The van der Waals surface area contributed by atoms with Crippen LogP contribution in [0.15, 0.2) is 20.2 Å². The SMILES string of the molecule is CC(C)(/N=N/C(C)(C)C1=NCCCCN1)C1=NCCCCN1. The average Bonchev–Trinajstić information content (AvgIpc) is 2.90. The first kappa shape index (κ1) is 16.9. The zero-order chi connectivity index (χ0) is 16.1. The molecule has 0 aromatic heterocycles. The summed E-state index contributed by atoms with van der Waals surface area (Å²) in [6.45, 7) is 11.9. The summed E-state index contributed by atoms with van der Waals surface area (Å²) in [4.78, 5) is 9.26. The molecule has 0 aromatic carbocycles. The number of hydrogen-bond donors (Lipinski definition) is 2. The second-order valence-electron chi connectivity index (χ2n) is 7.05. The van der Waals surface area contributed by atoms with E-state index in [-0.39, 0.29) is 0 Å². The predicted octanol–water partition coefficient (Wildman–Crippen LogP) is 2.56. The van der Waals surface area contributed by atoms with E-state index in [1.165, 1.54) is 0 Å². The summed E-state index contributed by atoms with van der Waals surface area (Å²) in [6, 6.07) is 0. The number of rotatable bonds is 4. The van der Waals surface area contributed by atoms with Gasteiger partial charge in [-0.25, -0.2) is 0 Å². The summed E-state index contributed by atoms with van der Waals surface area (Å²) in [5, 5.41) is 16.0. The third-order valence-electron chi connectivity index (χ3n) is 4.00. The van der Waals surface area contributed by atoms with Crippen molar-refractivity contribution in [1.29, 1.82) is 0 Å². The van der Waals surface area contributed by atoms with Gasteiger partial charge in [0.1, 0.15) is 22.7 Å². The molecule has 0 atom stereocenters. The molecule has 6 heteroatoms. The molecule has 0 amide bonds. The molecule has 0 unspecified atom stereocenters. The molecule has 2 aliphatic heterocycles. The average molecular weight is 306 g/mol. The third-order valence-corrected chi connectivity index (χ3v) is 4.00. The van der Waals surface area contributed by atoms with E-state index < -0.39 is 11.1 Å². The van der Waals surface area contributed by atoms with Crippen LogP contribution >= 0.6 is 0 Å². The van der Waals surface area contributed by atoms with E-state index in [1.807, 2.05) is 0 Å². The maximum atomic E-state index is 4.63. The number of aliphatic imine (C=N–C) groups is 2. The minimum Gasteiger partial charge on any atom is -0.372 e. The maximum absolute atomic E-state index is 4.63. The largest absolute Gasteiger partial charge is 0.372 e. The van der Waals surface area contributed by atoms with E-state index in [4.69, 9.17) is 0 Å². The smallest absolute Gasteiger partial charge is 0.133 e. The fourth-order valence-electron chi connectivity index (χ4n) is 2.54. The van der Waals surface area contributed by atoms with Gasteiger partial charge in [-0.15, -0.1) is 0 Å². The molecule has 0 saturated heterocycles. The van der Waals surface area contributed by atoms with Crippen molar-refractivity contribution in [3.8, 4) is 0 Å². The van der Waals surface area contributed by atoms with Crippen molar-refractivity contribution in [3.05, 3.63) is 0 Å². The van der Waals surface area contributed by atoms with Gasteiger partial charge in [-0.05, 0) is 53.4 Å². The Morgan fingerprint density at radius 1 is 0.727 bits per heavy atom. The monoisotopic (exact) mass is 306 g/mol. The minimum atomic E-state index is -0.424. The minimum absolute atomic E-state index is 0.424. The van der Waals surface area contributed by atoms with E-state index in [2.05, 4.69) is 58.5 Å². The molecule has 6 nitrogen and oxygen atoms in total. The molecule has 0 radical (unpaired) electrons. The Kier molecular flexibility index (Phi) is 5.53. The van der Waals surface area contributed by atoms with Gasteiger partial charge in [0.25, 0.3) is 0 Å². The number of nitrogens with one attached hydrogen (secondary N) is 2. The van der Waals surface area contributed by atoms with Crippen molar-refractivity contribution in [2.45, 2.75) is 64.5 Å². The van der Waals surface area contributed by atoms with E-state index in [1.54, 1.807) is 0 Å². The van der Waals surface area contributed by atoms with Crippen LogP contribution in [0.2, 0.25) is 0 Å². The van der Waals surface area contributed by atoms with E-state index in [0.29, 0.717) is 0 Å². The molecule has 124 valence electrons. The summed E-state index contributed by atoms with van der Waals surface area (Å²) in [5.41, 5.74) is -0.847. The van der Waals surface area contributed by atoms with Gasteiger partial charge in [-0.3, -0.25) is 9.98 Å². The zero-order valence-electron chi connectivity index (χ0n) is 14.4. The quantitative estimate of drug-likeness (QED) is 0.783. The molecule has 0 bridgehead atoms. The lowest BCUT2D eigenvalue weighted by Crippen LogP contribution is -2.43. The number of hydrogen-bond acceptors (Lipinski definition) is 6. The summed E-state index contributed by atoms with van der Waals surface area (Å²) < 4.78 is 0. The molecule has 0 fully saturated rings. The molecule has 2 N–H and O–H groups in total. The van der Waals surface area contributed by atoms with Gasteiger partial charge in [0.05, 0.1) is 0 Å². The Bertz CT molecular complexity index is 419. The lowest BCUT2D eigenvalue weighted by Gasteiger charge is -2.26. The summed E-state index contributed by atoms with van der Waals surface area (Å²) in [6.07, 6.45) is 4.59. The van der Waals surface area contributed by atoms with Crippen LogP contribution < -0.4 is 10.6 Å². The van der Waals surface area contributed by atoms with Crippen LogP contribution in [0.25, 0.3) is 0 Å². The molecular weight excluding hydrogens is 276 g/mol. The fourth-order valence-corrected chi connectivity index (χ4v) is 2.54. The predicted molar refractivity (Wildman–Crippen MR) is 92.1 cm³/mol. The normalized spacial score (nSPS) is 21.3. The highest BCUT2D eigenvalue weighted by Crippen LogP contribution is 2.19. The van der Waals surface area contributed by atoms with Gasteiger partial charge >= 0.3 is 0 Å². The molecule has 0 saturated carbocycles. The highest BCUT2D eigenvalue weighted by Gasteiger charge is 2.30. The van der Waals surface area contributed by atoms with Crippen molar-refractivity contribution in [1.82, 2.24) is 10.6 Å². The fraction of sp³-hybridized carbons (Fsp3) is 0.875. The van der Waals surface area contributed by atoms with E-state index >= 15 is 0 Å². The maximum Gasteiger partial charge on any atom is 0.133 e. The van der Waals surface area contributed by atoms with E-state index in [9.17, 15) is 0 Å². The van der Waals surface area contributed by atoms with Crippen LogP contribution in [-0.4, -0.2) is 48.9 Å². The van der Waals surface area contributed by atoms with Crippen molar-refractivity contribution < 1.29 is 0 Å². The molecular formula is C16H30N6. The molecule has 2 heterocycles. The Hall–Kier alpha value is -1.46. The lowest BCUT2D eigenvalue weighted by molar-refractivity contribution is 0.545. The first-order valence-electron chi connectivity index (χ1n) is 8.43. The number of azo groups is 1. The zero-order valence-corrected chi connectivity index (χ0v) is 14.4. The molecule has 0 spiro atoms. The second kappa shape index (κ2) is 7.20. The Morgan fingerprint density at radius 2 is 1.14 bits per heavy atom. The Balaban J connectivity index is 2.10. The summed E-state index contributed by atoms with van der Waals surface area (Å²) >= 11 is 0. The van der Waals surface area contributed by atoms with Gasteiger partial charge in [0.15, 0.2) is 0 Å². The van der Waals surface area contributed by atoms with Crippen LogP contribution in [0, 0.1) is 0 Å². The standard InChI is InChI=1S/C16H30N6/c1-15(2,13-17-9-5-6-10-18-13)21-22-16(3,4)14-19-11-7-8-12-20-14/h5-12H2,1-4H3,(H,17,18)(H,19,20)/b22-21+. The van der Waals surface area contributed by atoms with Crippen LogP contribution in [0.5, 0.6) is 0 Å². The number of nitrogens with zero attached hydrogens (tertiary/aromatic N) is 4. The lowest BCUT2D eigenvalue weighted by atomic mass is 10.0. The molecule has 22 heavy (non-hydrogen) atoms. The molecule has 0 aromatic rings. The third kappa shape index (κ3) is 4.52. The highest BCUT2D eigenvalue weighted by molar-refractivity contribution is 5.92. The van der Waals surface area contributed by atoms with Crippen molar-refractivity contribution >= 4 is 11.7 Å². The topological polar surface area (TPSA) is 73.5 Å². The van der Waals surface area contributed by atoms with Crippen LogP contribution in [0.4, 0.5) is 0 Å². The molecule has 2 rings (SSSR count). The highest BCUT2D eigenvalue weighted by atomic mass is 15.2. The first-order chi connectivity index (χ1) is 10.4. The molecule has 2 aliphatic rings. The molecule has 0 aliphatic carbocycles. The Morgan fingerprint density at radius 3 is 1.55 bits per heavy atom. The number of amidine groups is 2. The van der Waals surface area contributed by atoms with Gasteiger partial charge in [-0.2, -0.15) is 10.2 Å². The first-order valence-corrected chi connectivity index (χ1v) is 8.43. The van der Waals surface area contributed by atoms with E-state index in [0.717, 1.165) is 63.5 Å². The van der Waals surface area contributed by atoms with Crippen LogP contribution in [0.1, 0.15) is 53.4 Å².